The van der Waals surface area contributed by atoms with Crippen molar-refractivity contribution in [2.75, 3.05) is 0 Å². The standard InChI is InChI=1S/C27H35NO6S2/c1-20(2)25-17-15-21(3)19-26(25)34-27(29)18-16-22(4)28(35(30,31)23-11-7-5-8-12-23)36(32,33)24-13-9-6-10-14-24/h5-14,16,18,20-22,25-26H,15,17,19H2,1-4H3/b18-16+. The molecular formula is C27H35NO6S2. The highest BCUT2D eigenvalue weighted by Gasteiger charge is 2.40. The van der Waals surface area contributed by atoms with Gasteiger partial charge in [-0.15, -0.1) is 0 Å². The fourth-order valence-electron chi connectivity index (χ4n) is 4.69. The molecule has 4 unspecified atom stereocenters. The van der Waals surface area contributed by atoms with Crippen molar-refractivity contribution in [3.63, 3.8) is 0 Å². The first-order valence-electron chi connectivity index (χ1n) is 12.2. The molecule has 1 aliphatic carbocycles. The van der Waals surface area contributed by atoms with Crippen molar-refractivity contribution in [1.82, 2.24) is 3.71 Å². The van der Waals surface area contributed by atoms with Crippen molar-refractivity contribution in [2.24, 2.45) is 17.8 Å². The maximum atomic E-state index is 13.5. The van der Waals surface area contributed by atoms with Gasteiger partial charge in [-0.25, -0.2) is 21.6 Å². The first-order valence-corrected chi connectivity index (χ1v) is 15.1. The van der Waals surface area contributed by atoms with E-state index in [1.54, 1.807) is 12.1 Å². The summed E-state index contributed by atoms with van der Waals surface area (Å²) in [6.45, 7) is 7.78. The Morgan fingerprint density at radius 2 is 1.39 bits per heavy atom. The van der Waals surface area contributed by atoms with Crippen LogP contribution in [0.1, 0.15) is 47.0 Å². The summed E-state index contributed by atoms with van der Waals surface area (Å²) < 4.78 is 60.2. The van der Waals surface area contributed by atoms with Crippen LogP contribution in [0.4, 0.5) is 0 Å². The van der Waals surface area contributed by atoms with Crippen LogP contribution in [0.15, 0.2) is 82.6 Å². The molecule has 0 aliphatic heterocycles. The third kappa shape index (κ3) is 6.44. The molecule has 0 amide bonds. The number of rotatable bonds is 9. The van der Waals surface area contributed by atoms with Gasteiger partial charge in [-0.2, -0.15) is 0 Å². The average molecular weight is 534 g/mol. The lowest BCUT2D eigenvalue weighted by molar-refractivity contribution is -0.149. The molecule has 196 valence electrons. The molecule has 2 aromatic rings. The van der Waals surface area contributed by atoms with Crippen LogP contribution in [-0.2, 0) is 29.6 Å². The number of sulfonamides is 2. The van der Waals surface area contributed by atoms with Crippen LogP contribution in [0.5, 0.6) is 0 Å². The molecule has 7 nitrogen and oxygen atoms in total. The van der Waals surface area contributed by atoms with Gasteiger partial charge in [-0.1, -0.05) is 73.4 Å². The molecule has 36 heavy (non-hydrogen) atoms. The molecular weight excluding hydrogens is 498 g/mol. The molecule has 1 aliphatic rings. The van der Waals surface area contributed by atoms with E-state index in [1.807, 2.05) is 0 Å². The second kappa shape index (κ2) is 11.7. The molecule has 0 radical (unpaired) electrons. The third-order valence-electron chi connectivity index (χ3n) is 6.63. The highest BCUT2D eigenvalue weighted by molar-refractivity contribution is 8.04. The van der Waals surface area contributed by atoms with Gasteiger partial charge >= 0.3 is 5.97 Å². The molecule has 1 fully saturated rings. The number of hydrogen-bond donors (Lipinski definition) is 0. The zero-order valence-corrected chi connectivity index (χ0v) is 22.8. The first-order chi connectivity index (χ1) is 16.9. The summed E-state index contributed by atoms with van der Waals surface area (Å²) >= 11 is 0. The second-order valence-corrected chi connectivity index (χ2v) is 13.6. The van der Waals surface area contributed by atoms with Gasteiger partial charge in [0.05, 0.1) is 15.8 Å². The number of ether oxygens (including phenoxy) is 1. The van der Waals surface area contributed by atoms with Crippen molar-refractivity contribution in [1.29, 1.82) is 0 Å². The van der Waals surface area contributed by atoms with Crippen LogP contribution in [0, 0.1) is 17.8 Å². The molecule has 0 heterocycles. The van der Waals surface area contributed by atoms with E-state index in [0.29, 0.717) is 15.5 Å². The quantitative estimate of drug-likeness (QED) is 0.332. The molecule has 2 aromatic carbocycles. The van der Waals surface area contributed by atoms with Gasteiger partial charge in [0.15, 0.2) is 0 Å². The molecule has 9 heteroatoms. The van der Waals surface area contributed by atoms with Crippen molar-refractivity contribution < 1.29 is 26.4 Å². The maximum absolute atomic E-state index is 13.5. The molecule has 0 spiro atoms. The van der Waals surface area contributed by atoms with Crippen molar-refractivity contribution in [3.05, 3.63) is 72.8 Å². The largest absolute Gasteiger partial charge is 0.459 e. The lowest BCUT2D eigenvalue weighted by Gasteiger charge is -2.36. The molecule has 0 aromatic heterocycles. The second-order valence-electron chi connectivity index (χ2n) is 9.76. The summed E-state index contributed by atoms with van der Waals surface area (Å²) in [6, 6.07) is 13.5. The fourth-order valence-corrected chi connectivity index (χ4v) is 8.67. The summed E-state index contributed by atoms with van der Waals surface area (Å²) in [6.07, 6.45) is 5.02. The lowest BCUT2D eigenvalue weighted by atomic mass is 9.75. The van der Waals surface area contributed by atoms with E-state index in [-0.39, 0.29) is 21.8 Å². The normalized spacial score (nSPS) is 22.1. The first kappa shape index (κ1) is 28.1. The Labute approximate surface area is 215 Å². The van der Waals surface area contributed by atoms with Crippen LogP contribution in [0.3, 0.4) is 0 Å². The highest BCUT2D eigenvalue weighted by Crippen LogP contribution is 2.35. The van der Waals surface area contributed by atoms with Crippen molar-refractivity contribution >= 4 is 26.0 Å². The fraction of sp³-hybridized carbons (Fsp3) is 0.444. The van der Waals surface area contributed by atoms with Crippen molar-refractivity contribution in [2.45, 2.75) is 68.9 Å². The number of carbonyl (C=O) groups excluding carboxylic acids is 1. The van der Waals surface area contributed by atoms with E-state index < -0.39 is 32.1 Å². The Morgan fingerprint density at radius 3 is 1.86 bits per heavy atom. The molecule has 0 saturated heterocycles. The molecule has 0 bridgehead atoms. The molecule has 0 N–H and O–H groups in total. The Bertz CT molecular complexity index is 1190. The zero-order valence-electron chi connectivity index (χ0n) is 21.1. The molecule has 1 saturated carbocycles. The van der Waals surface area contributed by atoms with Crippen molar-refractivity contribution in [3.8, 4) is 0 Å². The number of nitrogens with zero attached hydrogens (tertiary/aromatic N) is 1. The monoisotopic (exact) mass is 533 g/mol. The van der Waals surface area contributed by atoms with E-state index in [1.165, 1.54) is 61.5 Å². The number of esters is 1. The van der Waals surface area contributed by atoms with E-state index in [0.717, 1.165) is 25.3 Å². The van der Waals surface area contributed by atoms with Gasteiger partial charge in [0.1, 0.15) is 6.10 Å². The smallest absolute Gasteiger partial charge is 0.330 e. The van der Waals surface area contributed by atoms with E-state index in [2.05, 4.69) is 20.8 Å². The minimum Gasteiger partial charge on any atom is -0.459 e. The lowest BCUT2D eigenvalue weighted by Crippen LogP contribution is -2.42. The van der Waals surface area contributed by atoms with E-state index >= 15 is 0 Å². The van der Waals surface area contributed by atoms with Gasteiger partial charge in [-0.05, 0) is 61.8 Å². The summed E-state index contributed by atoms with van der Waals surface area (Å²) in [5.74, 6) is 0.453. The van der Waals surface area contributed by atoms with Crippen LogP contribution < -0.4 is 0 Å². The molecule has 4 atom stereocenters. The zero-order chi connectivity index (χ0) is 26.5. The van der Waals surface area contributed by atoms with Crippen LogP contribution in [-0.4, -0.2) is 38.7 Å². The number of benzene rings is 2. The Balaban J connectivity index is 1.90. The molecule has 3 rings (SSSR count). The Morgan fingerprint density at radius 1 is 0.889 bits per heavy atom. The van der Waals surface area contributed by atoms with Crippen LogP contribution in [0.25, 0.3) is 0 Å². The average Bonchev–Trinajstić information content (AvgIpc) is 2.83. The summed E-state index contributed by atoms with van der Waals surface area (Å²) in [4.78, 5) is 12.4. The SMILES string of the molecule is CC1CCC(C(C)C)C(OC(=O)/C=C/C(C)N(S(=O)(=O)c2ccccc2)S(=O)(=O)c2ccccc2)C1. The highest BCUT2D eigenvalue weighted by atomic mass is 32.3. The minimum absolute atomic E-state index is 0.164. The number of carbonyl (C=O) groups is 1. The third-order valence-corrected chi connectivity index (χ3v) is 11.2. The van der Waals surface area contributed by atoms with E-state index in [4.69, 9.17) is 4.74 Å². The topological polar surface area (TPSA) is 97.8 Å². The Kier molecular flexibility index (Phi) is 9.13. The summed E-state index contributed by atoms with van der Waals surface area (Å²) in [7, 11) is -8.93. The Hall–Kier alpha value is -2.49. The van der Waals surface area contributed by atoms with Gasteiger partial charge in [0.2, 0.25) is 0 Å². The van der Waals surface area contributed by atoms with Gasteiger partial charge in [-0.3, -0.25) is 0 Å². The predicted molar refractivity (Wildman–Crippen MR) is 139 cm³/mol. The van der Waals surface area contributed by atoms with Gasteiger partial charge in [0, 0.05) is 6.08 Å². The van der Waals surface area contributed by atoms with E-state index in [9.17, 15) is 21.6 Å². The predicted octanol–water partition coefficient (Wildman–Crippen LogP) is 5.01. The minimum atomic E-state index is -4.47. The number of hydrogen-bond acceptors (Lipinski definition) is 6. The summed E-state index contributed by atoms with van der Waals surface area (Å²) in [5.41, 5.74) is 0. The summed E-state index contributed by atoms with van der Waals surface area (Å²) in [5, 5.41) is 0. The van der Waals surface area contributed by atoms with Crippen LogP contribution >= 0.6 is 0 Å². The maximum Gasteiger partial charge on any atom is 0.330 e. The van der Waals surface area contributed by atoms with Gasteiger partial charge < -0.3 is 4.74 Å². The van der Waals surface area contributed by atoms with Gasteiger partial charge in [0.25, 0.3) is 20.0 Å². The van der Waals surface area contributed by atoms with Crippen LogP contribution in [0.2, 0.25) is 0 Å².